The third-order valence-electron chi connectivity index (χ3n) is 5.12. The lowest BCUT2D eigenvalue weighted by molar-refractivity contribution is 0.0600. The molecule has 0 saturated heterocycles. The van der Waals surface area contributed by atoms with Gasteiger partial charge >= 0.3 is 5.97 Å². The van der Waals surface area contributed by atoms with Crippen LogP contribution in [0, 0.1) is 6.92 Å². The second kappa shape index (κ2) is 9.71. The standard InChI is InChI=1S/C26H21ClN2O4/c1-16-4-3-5-21-23(16)28-24(29-25(21)30)22(27)14-17-8-12-20(13-9-17)33-15-18-6-10-19(11-7-18)26(31)32-2/h3-14H,15H2,1-2H3,(H,28,29,30)/b22-14-. The van der Waals surface area contributed by atoms with Crippen LogP contribution in [0.1, 0.15) is 32.9 Å². The third kappa shape index (κ3) is 5.13. The molecule has 0 amide bonds. The number of fused-ring (bicyclic) bond motifs is 1. The predicted molar refractivity (Wildman–Crippen MR) is 129 cm³/mol. The van der Waals surface area contributed by atoms with E-state index in [1.165, 1.54) is 7.11 Å². The smallest absolute Gasteiger partial charge is 0.337 e. The van der Waals surface area contributed by atoms with E-state index in [4.69, 9.17) is 21.1 Å². The lowest BCUT2D eigenvalue weighted by Crippen LogP contribution is -2.11. The number of carbonyl (C=O) groups is 1. The van der Waals surface area contributed by atoms with Gasteiger partial charge in [-0.15, -0.1) is 0 Å². The van der Waals surface area contributed by atoms with Gasteiger partial charge in [-0.2, -0.15) is 0 Å². The normalized spacial score (nSPS) is 11.4. The van der Waals surface area contributed by atoms with Gasteiger partial charge in [0, 0.05) is 0 Å². The summed E-state index contributed by atoms with van der Waals surface area (Å²) in [5.41, 5.74) is 3.57. The van der Waals surface area contributed by atoms with Crippen LogP contribution in [-0.2, 0) is 11.3 Å². The summed E-state index contributed by atoms with van der Waals surface area (Å²) in [7, 11) is 1.35. The summed E-state index contributed by atoms with van der Waals surface area (Å²) in [4.78, 5) is 31.2. The molecule has 0 atom stereocenters. The van der Waals surface area contributed by atoms with Gasteiger partial charge in [-0.05, 0) is 60.0 Å². The van der Waals surface area contributed by atoms with Crippen molar-refractivity contribution >= 4 is 39.6 Å². The van der Waals surface area contributed by atoms with Gasteiger partial charge in [0.05, 0.1) is 28.6 Å². The van der Waals surface area contributed by atoms with E-state index < -0.39 is 0 Å². The Labute approximate surface area is 195 Å². The summed E-state index contributed by atoms with van der Waals surface area (Å²) in [5.74, 6) is 0.634. The lowest BCUT2D eigenvalue weighted by Gasteiger charge is -2.08. The second-order valence-electron chi connectivity index (χ2n) is 7.42. The van der Waals surface area contributed by atoms with Crippen LogP contribution in [0.15, 0.2) is 71.5 Å². The fourth-order valence-corrected chi connectivity index (χ4v) is 3.53. The number of methoxy groups -OCH3 is 1. The highest BCUT2D eigenvalue weighted by Gasteiger charge is 2.09. The molecular weight excluding hydrogens is 440 g/mol. The van der Waals surface area contributed by atoms with Crippen molar-refractivity contribution in [3.8, 4) is 5.75 Å². The number of halogens is 1. The van der Waals surface area contributed by atoms with Crippen molar-refractivity contribution in [1.29, 1.82) is 0 Å². The van der Waals surface area contributed by atoms with Gasteiger partial charge < -0.3 is 14.5 Å². The van der Waals surface area contributed by atoms with Gasteiger partial charge in [-0.25, -0.2) is 9.78 Å². The van der Waals surface area contributed by atoms with E-state index in [9.17, 15) is 9.59 Å². The maximum absolute atomic E-state index is 12.4. The summed E-state index contributed by atoms with van der Waals surface area (Å²) in [5, 5.41) is 0.862. The van der Waals surface area contributed by atoms with Gasteiger partial charge in [0.2, 0.25) is 0 Å². The van der Waals surface area contributed by atoms with E-state index in [-0.39, 0.29) is 11.5 Å². The fourth-order valence-electron chi connectivity index (χ4n) is 3.31. The van der Waals surface area contributed by atoms with Crippen molar-refractivity contribution < 1.29 is 14.3 Å². The number of nitrogens with zero attached hydrogens (tertiary/aromatic N) is 1. The number of rotatable bonds is 6. The molecule has 4 rings (SSSR count). The minimum absolute atomic E-state index is 0.228. The number of aryl methyl sites for hydroxylation is 1. The summed E-state index contributed by atoms with van der Waals surface area (Å²) in [6, 6.07) is 19.9. The average molecular weight is 461 g/mol. The first-order valence-electron chi connectivity index (χ1n) is 10.2. The molecule has 0 radical (unpaired) electrons. The molecule has 4 aromatic rings. The minimum atomic E-state index is -0.372. The quantitative estimate of drug-likeness (QED) is 0.393. The maximum Gasteiger partial charge on any atom is 0.337 e. The number of nitrogens with one attached hydrogen (secondary N) is 1. The topological polar surface area (TPSA) is 81.3 Å². The van der Waals surface area contributed by atoms with Gasteiger partial charge in [0.15, 0.2) is 5.82 Å². The van der Waals surface area contributed by atoms with E-state index in [0.717, 1.165) is 16.7 Å². The molecule has 6 nitrogen and oxygen atoms in total. The zero-order valence-corrected chi connectivity index (χ0v) is 18.8. The van der Waals surface area contributed by atoms with Gasteiger partial charge in [0.25, 0.3) is 5.56 Å². The van der Waals surface area contributed by atoms with Crippen LogP contribution in [-0.4, -0.2) is 23.0 Å². The van der Waals surface area contributed by atoms with Crippen LogP contribution in [0.25, 0.3) is 22.0 Å². The molecule has 1 heterocycles. The molecule has 0 saturated carbocycles. The Bertz CT molecular complexity index is 1390. The van der Waals surface area contributed by atoms with Crippen molar-refractivity contribution in [3.05, 3.63) is 105 Å². The highest BCUT2D eigenvalue weighted by molar-refractivity contribution is 6.50. The fraction of sp³-hybridized carbons (Fsp3) is 0.115. The predicted octanol–water partition coefficient (Wildman–Crippen LogP) is 5.33. The molecule has 1 N–H and O–H groups in total. The third-order valence-corrected chi connectivity index (χ3v) is 5.41. The molecule has 0 aliphatic heterocycles. The van der Waals surface area contributed by atoms with Crippen molar-refractivity contribution in [2.24, 2.45) is 0 Å². The van der Waals surface area contributed by atoms with Crippen LogP contribution in [0.4, 0.5) is 0 Å². The summed E-state index contributed by atoms with van der Waals surface area (Å²) in [6.45, 7) is 2.27. The van der Waals surface area contributed by atoms with E-state index in [0.29, 0.717) is 39.7 Å². The van der Waals surface area contributed by atoms with Gasteiger partial charge in [0.1, 0.15) is 12.4 Å². The van der Waals surface area contributed by atoms with Crippen LogP contribution >= 0.6 is 11.6 Å². The highest BCUT2D eigenvalue weighted by Crippen LogP contribution is 2.23. The first kappa shape index (κ1) is 22.3. The summed E-state index contributed by atoms with van der Waals surface area (Å²) in [6.07, 6.45) is 1.74. The zero-order chi connectivity index (χ0) is 23.4. The van der Waals surface area contributed by atoms with E-state index in [1.54, 1.807) is 24.3 Å². The average Bonchev–Trinajstić information content (AvgIpc) is 2.84. The number of aromatic amines is 1. The minimum Gasteiger partial charge on any atom is -0.489 e. The summed E-state index contributed by atoms with van der Waals surface area (Å²) >= 11 is 6.46. The van der Waals surface area contributed by atoms with Crippen LogP contribution in [0.2, 0.25) is 0 Å². The zero-order valence-electron chi connectivity index (χ0n) is 18.1. The molecule has 0 bridgehead atoms. The van der Waals surface area contributed by atoms with Crippen LogP contribution < -0.4 is 10.3 Å². The Balaban J connectivity index is 1.46. The molecule has 0 aliphatic rings. The number of para-hydroxylation sites is 1. The summed E-state index contributed by atoms with van der Waals surface area (Å²) < 4.78 is 10.5. The van der Waals surface area contributed by atoms with Crippen molar-refractivity contribution in [2.75, 3.05) is 7.11 Å². The monoisotopic (exact) mass is 460 g/mol. The molecular formula is C26H21ClN2O4. The first-order valence-corrected chi connectivity index (χ1v) is 10.6. The SMILES string of the molecule is COC(=O)c1ccc(COc2ccc(/C=C(\Cl)c3nc4c(C)cccc4c(=O)[nH]3)cc2)cc1. The molecule has 0 aliphatic carbocycles. The Kier molecular flexibility index (Phi) is 6.56. The van der Waals surface area contributed by atoms with E-state index in [1.807, 2.05) is 55.5 Å². The Morgan fingerprint density at radius 1 is 1.06 bits per heavy atom. The number of aromatic nitrogens is 2. The number of H-pyrrole nitrogens is 1. The van der Waals surface area contributed by atoms with Crippen molar-refractivity contribution in [1.82, 2.24) is 9.97 Å². The first-order chi connectivity index (χ1) is 15.9. The molecule has 3 aromatic carbocycles. The number of ether oxygens (including phenoxy) is 2. The van der Waals surface area contributed by atoms with Crippen molar-refractivity contribution in [2.45, 2.75) is 13.5 Å². The Hall–Kier alpha value is -3.90. The molecule has 7 heteroatoms. The number of carbonyl (C=O) groups excluding carboxylic acids is 1. The molecule has 33 heavy (non-hydrogen) atoms. The maximum atomic E-state index is 12.4. The number of benzene rings is 3. The number of hydrogen-bond donors (Lipinski definition) is 1. The number of hydrogen-bond acceptors (Lipinski definition) is 5. The molecule has 0 unspecified atom stereocenters. The Morgan fingerprint density at radius 3 is 2.48 bits per heavy atom. The number of esters is 1. The molecule has 0 spiro atoms. The van der Waals surface area contributed by atoms with E-state index in [2.05, 4.69) is 9.97 Å². The van der Waals surface area contributed by atoms with Crippen molar-refractivity contribution in [3.63, 3.8) is 0 Å². The Morgan fingerprint density at radius 2 is 1.79 bits per heavy atom. The van der Waals surface area contributed by atoms with E-state index >= 15 is 0 Å². The molecule has 0 fully saturated rings. The van der Waals surface area contributed by atoms with Gasteiger partial charge in [-0.1, -0.05) is 48.0 Å². The second-order valence-corrected chi connectivity index (χ2v) is 7.83. The molecule has 1 aromatic heterocycles. The van der Waals surface area contributed by atoms with Crippen LogP contribution in [0.5, 0.6) is 5.75 Å². The lowest BCUT2D eigenvalue weighted by atomic mass is 10.1. The largest absolute Gasteiger partial charge is 0.489 e. The van der Waals surface area contributed by atoms with Crippen LogP contribution in [0.3, 0.4) is 0 Å². The highest BCUT2D eigenvalue weighted by atomic mass is 35.5. The van der Waals surface area contributed by atoms with Gasteiger partial charge in [-0.3, -0.25) is 4.79 Å². The molecule has 166 valence electrons.